The monoisotopic (exact) mass is 216 g/mol. The molecule has 0 spiro atoms. The van der Waals surface area contributed by atoms with Crippen molar-refractivity contribution in [3.05, 3.63) is 0 Å². The summed E-state index contributed by atoms with van der Waals surface area (Å²) in [6, 6.07) is 0.610. The highest BCUT2D eigenvalue weighted by atomic mass is 16.5. The zero-order valence-corrected chi connectivity index (χ0v) is 11.0. The van der Waals surface area contributed by atoms with Gasteiger partial charge in [-0.05, 0) is 34.4 Å². The Morgan fingerprint density at radius 1 is 1.33 bits per heavy atom. The second kappa shape index (κ2) is 9.13. The van der Waals surface area contributed by atoms with Crippen molar-refractivity contribution in [3.8, 4) is 0 Å². The van der Waals surface area contributed by atoms with Gasteiger partial charge in [0.05, 0.1) is 12.7 Å². The van der Waals surface area contributed by atoms with Crippen LogP contribution < -0.4 is 5.32 Å². The highest BCUT2D eigenvalue weighted by Crippen LogP contribution is 1.98. The third-order valence-electron chi connectivity index (χ3n) is 2.50. The Morgan fingerprint density at radius 2 is 2.00 bits per heavy atom. The Balaban J connectivity index is 3.56. The number of rotatable bonds is 9. The molecule has 1 atom stereocenters. The fraction of sp³-hybridized carbons (Fsp3) is 1.00. The van der Waals surface area contributed by atoms with E-state index in [0.717, 1.165) is 19.7 Å². The SMILES string of the molecule is CCCC(CN(C)CCOC(C)C)NC. The maximum absolute atomic E-state index is 5.53. The van der Waals surface area contributed by atoms with Gasteiger partial charge in [-0.3, -0.25) is 0 Å². The van der Waals surface area contributed by atoms with Gasteiger partial charge in [-0.25, -0.2) is 0 Å². The molecule has 0 aliphatic heterocycles. The molecule has 0 aliphatic carbocycles. The summed E-state index contributed by atoms with van der Waals surface area (Å²) in [6.07, 6.45) is 2.82. The van der Waals surface area contributed by atoms with Crippen molar-refractivity contribution in [3.63, 3.8) is 0 Å². The first-order valence-electron chi connectivity index (χ1n) is 6.07. The highest BCUT2D eigenvalue weighted by molar-refractivity contribution is 4.67. The molecule has 0 aromatic rings. The van der Waals surface area contributed by atoms with E-state index in [4.69, 9.17) is 4.74 Å². The van der Waals surface area contributed by atoms with E-state index >= 15 is 0 Å². The molecular formula is C12H28N2O. The number of nitrogens with one attached hydrogen (secondary N) is 1. The van der Waals surface area contributed by atoms with Gasteiger partial charge in [0, 0.05) is 19.1 Å². The van der Waals surface area contributed by atoms with E-state index in [2.05, 4.69) is 38.0 Å². The maximum atomic E-state index is 5.53. The van der Waals surface area contributed by atoms with Crippen LogP contribution in [0.25, 0.3) is 0 Å². The van der Waals surface area contributed by atoms with Crippen molar-refractivity contribution in [2.75, 3.05) is 33.8 Å². The predicted molar refractivity (Wildman–Crippen MR) is 66.3 cm³/mol. The molecule has 0 heterocycles. The van der Waals surface area contributed by atoms with Crippen LogP contribution in [0.1, 0.15) is 33.6 Å². The van der Waals surface area contributed by atoms with Crippen LogP contribution in [-0.4, -0.2) is 50.8 Å². The molecule has 0 bridgehead atoms. The molecule has 0 aromatic carbocycles. The normalized spacial score (nSPS) is 13.8. The minimum Gasteiger partial charge on any atom is -0.377 e. The topological polar surface area (TPSA) is 24.5 Å². The Morgan fingerprint density at radius 3 is 2.47 bits per heavy atom. The maximum Gasteiger partial charge on any atom is 0.0596 e. The van der Waals surface area contributed by atoms with E-state index in [-0.39, 0.29) is 0 Å². The summed E-state index contributed by atoms with van der Waals surface area (Å²) in [6.45, 7) is 9.33. The molecule has 0 amide bonds. The molecule has 0 saturated heterocycles. The average molecular weight is 216 g/mol. The average Bonchev–Trinajstić information content (AvgIpc) is 2.16. The third-order valence-corrected chi connectivity index (χ3v) is 2.50. The molecular weight excluding hydrogens is 188 g/mol. The van der Waals surface area contributed by atoms with Crippen molar-refractivity contribution in [2.45, 2.75) is 45.8 Å². The second-order valence-corrected chi connectivity index (χ2v) is 4.46. The predicted octanol–water partition coefficient (Wildman–Crippen LogP) is 1.73. The van der Waals surface area contributed by atoms with E-state index in [1.165, 1.54) is 12.8 Å². The summed E-state index contributed by atoms with van der Waals surface area (Å²) in [5.74, 6) is 0. The smallest absolute Gasteiger partial charge is 0.0596 e. The Bertz CT molecular complexity index is 140. The van der Waals surface area contributed by atoms with Gasteiger partial charge in [0.1, 0.15) is 0 Å². The summed E-state index contributed by atoms with van der Waals surface area (Å²) in [7, 11) is 4.20. The molecule has 1 N–H and O–H groups in total. The van der Waals surface area contributed by atoms with Crippen LogP contribution in [0.15, 0.2) is 0 Å². The zero-order valence-electron chi connectivity index (χ0n) is 11.0. The summed E-state index contributed by atoms with van der Waals surface area (Å²) in [5.41, 5.74) is 0. The molecule has 1 unspecified atom stereocenters. The van der Waals surface area contributed by atoms with E-state index in [0.29, 0.717) is 12.1 Å². The number of hydrogen-bond donors (Lipinski definition) is 1. The fourth-order valence-corrected chi connectivity index (χ4v) is 1.59. The number of nitrogens with zero attached hydrogens (tertiary/aromatic N) is 1. The summed E-state index contributed by atoms with van der Waals surface area (Å²) in [4.78, 5) is 2.33. The van der Waals surface area contributed by atoms with Crippen LogP contribution in [-0.2, 0) is 4.74 Å². The lowest BCUT2D eigenvalue weighted by Crippen LogP contribution is -2.39. The van der Waals surface area contributed by atoms with Gasteiger partial charge in [0.2, 0.25) is 0 Å². The number of ether oxygens (including phenoxy) is 1. The van der Waals surface area contributed by atoms with E-state index in [9.17, 15) is 0 Å². The van der Waals surface area contributed by atoms with Crippen LogP contribution in [0.5, 0.6) is 0 Å². The number of hydrogen-bond acceptors (Lipinski definition) is 3. The van der Waals surface area contributed by atoms with Gasteiger partial charge in [-0.15, -0.1) is 0 Å². The number of likely N-dealkylation sites (N-methyl/N-ethyl adjacent to an activating group) is 2. The molecule has 0 aliphatic rings. The fourth-order valence-electron chi connectivity index (χ4n) is 1.59. The molecule has 92 valence electrons. The quantitative estimate of drug-likeness (QED) is 0.635. The van der Waals surface area contributed by atoms with Crippen molar-refractivity contribution < 1.29 is 4.74 Å². The largest absolute Gasteiger partial charge is 0.377 e. The van der Waals surface area contributed by atoms with Gasteiger partial charge in [0.15, 0.2) is 0 Å². The first-order valence-corrected chi connectivity index (χ1v) is 6.07. The van der Waals surface area contributed by atoms with Crippen LogP contribution in [0.3, 0.4) is 0 Å². The molecule has 3 heteroatoms. The molecule has 0 radical (unpaired) electrons. The van der Waals surface area contributed by atoms with Gasteiger partial charge < -0.3 is 15.0 Å². The van der Waals surface area contributed by atoms with Crippen LogP contribution in [0.2, 0.25) is 0 Å². The summed E-state index contributed by atoms with van der Waals surface area (Å²) >= 11 is 0. The standard InChI is InChI=1S/C12H28N2O/c1-6-7-12(13-4)10-14(5)8-9-15-11(2)3/h11-13H,6-10H2,1-5H3. The molecule has 0 aromatic heterocycles. The summed E-state index contributed by atoms with van der Waals surface area (Å²) in [5, 5.41) is 3.35. The second-order valence-electron chi connectivity index (χ2n) is 4.46. The van der Waals surface area contributed by atoms with Gasteiger partial charge in [-0.2, -0.15) is 0 Å². The lowest BCUT2D eigenvalue weighted by molar-refractivity contribution is 0.0622. The van der Waals surface area contributed by atoms with Crippen LogP contribution >= 0.6 is 0 Å². The Kier molecular flexibility index (Phi) is 9.06. The minimum absolute atomic E-state index is 0.342. The molecule has 0 fully saturated rings. The molecule has 0 saturated carbocycles. The Labute approximate surface area is 95.2 Å². The van der Waals surface area contributed by atoms with Crippen molar-refractivity contribution in [2.24, 2.45) is 0 Å². The third kappa shape index (κ3) is 8.85. The van der Waals surface area contributed by atoms with E-state index < -0.39 is 0 Å². The zero-order chi connectivity index (χ0) is 11.7. The minimum atomic E-state index is 0.342. The van der Waals surface area contributed by atoms with Crippen molar-refractivity contribution in [1.29, 1.82) is 0 Å². The molecule has 15 heavy (non-hydrogen) atoms. The van der Waals surface area contributed by atoms with Crippen LogP contribution in [0, 0.1) is 0 Å². The van der Waals surface area contributed by atoms with Gasteiger partial charge >= 0.3 is 0 Å². The van der Waals surface area contributed by atoms with Gasteiger partial charge in [0.25, 0.3) is 0 Å². The molecule has 0 rings (SSSR count). The molecule has 3 nitrogen and oxygen atoms in total. The van der Waals surface area contributed by atoms with Crippen molar-refractivity contribution in [1.82, 2.24) is 10.2 Å². The van der Waals surface area contributed by atoms with E-state index in [1.54, 1.807) is 0 Å². The van der Waals surface area contributed by atoms with Gasteiger partial charge in [-0.1, -0.05) is 13.3 Å². The lowest BCUT2D eigenvalue weighted by Gasteiger charge is -2.23. The van der Waals surface area contributed by atoms with E-state index in [1.807, 2.05) is 7.05 Å². The van der Waals surface area contributed by atoms with Crippen LogP contribution in [0.4, 0.5) is 0 Å². The summed E-state index contributed by atoms with van der Waals surface area (Å²) < 4.78 is 5.53. The van der Waals surface area contributed by atoms with Crippen molar-refractivity contribution >= 4 is 0 Å². The first kappa shape index (κ1) is 14.9. The highest BCUT2D eigenvalue weighted by Gasteiger charge is 2.08. The Hall–Kier alpha value is -0.120. The lowest BCUT2D eigenvalue weighted by atomic mass is 10.1. The first-order chi connectivity index (χ1) is 7.10.